The molecule has 0 saturated carbocycles. The topological polar surface area (TPSA) is 161 Å². The van der Waals surface area contributed by atoms with Crippen LogP contribution in [-0.2, 0) is 40.5 Å². The van der Waals surface area contributed by atoms with E-state index in [0.29, 0.717) is 24.3 Å². The lowest BCUT2D eigenvalue weighted by Gasteiger charge is -2.61. The van der Waals surface area contributed by atoms with Gasteiger partial charge in [-0.3, -0.25) is 14.4 Å². The lowest BCUT2D eigenvalue weighted by molar-refractivity contribution is -0.169. The van der Waals surface area contributed by atoms with E-state index in [0.717, 1.165) is 17.7 Å². The first-order chi connectivity index (χ1) is 20.3. The maximum atomic E-state index is 12.9. The molecule has 1 aromatic rings. The highest BCUT2D eigenvalue weighted by molar-refractivity contribution is 5.88. The molecule has 1 saturated heterocycles. The quantitative estimate of drug-likeness (QED) is 0.318. The number of carboxylic acids is 1. The molecule has 1 aromatic carbocycles. The van der Waals surface area contributed by atoms with Crippen molar-refractivity contribution in [3.05, 3.63) is 35.1 Å². The van der Waals surface area contributed by atoms with Crippen molar-refractivity contribution in [1.29, 1.82) is 0 Å². The molecule has 0 radical (unpaired) electrons. The molecule has 234 valence electrons. The molecule has 2 unspecified atom stereocenters. The number of amides is 1. The van der Waals surface area contributed by atoms with E-state index >= 15 is 0 Å². The number of carbonyl (C=O) groups is 4. The number of benzene rings is 1. The van der Waals surface area contributed by atoms with Gasteiger partial charge in [0.1, 0.15) is 11.8 Å². The Hall–Kier alpha value is -3.64. The zero-order valence-corrected chi connectivity index (χ0v) is 25.2. The highest BCUT2D eigenvalue weighted by Crippen LogP contribution is 2.65. The van der Waals surface area contributed by atoms with Gasteiger partial charge in [-0.1, -0.05) is 19.9 Å². The number of esters is 2. The van der Waals surface area contributed by atoms with Gasteiger partial charge in [-0.15, -0.1) is 0 Å². The second-order valence-corrected chi connectivity index (χ2v) is 12.4. The third-order valence-electron chi connectivity index (χ3n) is 9.32. The molecule has 2 aliphatic carbocycles. The van der Waals surface area contributed by atoms with E-state index in [1.807, 2.05) is 33.0 Å². The first kappa shape index (κ1) is 30.8. The van der Waals surface area contributed by atoms with Gasteiger partial charge in [-0.05, 0) is 63.4 Å². The summed E-state index contributed by atoms with van der Waals surface area (Å²) in [5, 5.41) is 24.0. The molecule has 6 atom stereocenters. The Balaban J connectivity index is 1.24. The van der Waals surface area contributed by atoms with E-state index in [-0.39, 0.29) is 43.4 Å². The number of carboxylic acid groups (broad SMARTS) is 1. The van der Waals surface area contributed by atoms with E-state index in [1.54, 1.807) is 13.2 Å². The van der Waals surface area contributed by atoms with Crippen molar-refractivity contribution in [3.63, 3.8) is 0 Å². The van der Waals surface area contributed by atoms with Gasteiger partial charge in [0.15, 0.2) is 23.7 Å². The Morgan fingerprint density at radius 3 is 2.56 bits per heavy atom. The summed E-state index contributed by atoms with van der Waals surface area (Å²) in [7, 11) is 3.57. The Morgan fingerprint density at radius 1 is 1.16 bits per heavy atom. The van der Waals surface area contributed by atoms with Crippen LogP contribution in [0.3, 0.4) is 0 Å². The van der Waals surface area contributed by atoms with Crippen molar-refractivity contribution in [1.82, 2.24) is 10.2 Å². The van der Waals surface area contributed by atoms with Crippen LogP contribution < -0.4 is 14.8 Å². The summed E-state index contributed by atoms with van der Waals surface area (Å²) in [4.78, 5) is 51.4. The summed E-state index contributed by atoms with van der Waals surface area (Å²) in [6, 6.07) is 2.63. The SMILES string of the molecule is COc1ccc2c3c1O[C@H]1C(OC(=O)CCC(=O)OC(C)C(=O)NC(CC(C)C)C(=O)O)=CC[C@@]4(O)[C@@H](C2)N(C)CC[C@]314. The van der Waals surface area contributed by atoms with Crippen molar-refractivity contribution >= 4 is 23.8 Å². The molecule has 12 heteroatoms. The third kappa shape index (κ3) is 5.14. The van der Waals surface area contributed by atoms with Crippen molar-refractivity contribution < 1.29 is 48.3 Å². The van der Waals surface area contributed by atoms with Crippen LogP contribution >= 0.6 is 0 Å². The predicted molar refractivity (Wildman–Crippen MR) is 151 cm³/mol. The lowest BCUT2D eigenvalue weighted by Crippen LogP contribution is -2.74. The van der Waals surface area contributed by atoms with Crippen LogP contribution in [0.25, 0.3) is 0 Å². The van der Waals surface area contributed by atoms with Crippen molar-refractivity contribution in [2.75, 3.05) is 20.7 Å². The minimum Gasteiger partial charge on any atom is -0.493 e. The van der Waals surface area contributed by atoms with Gasteiger partial charge in [-0.25, -0.2) is 4.79 Å². The summed E-state index contributed by atoms with van der Waals surface area (Å²) in [5.41, 5.74) is 0.0315. The summed E-state index contributed by atoms with van der Waals surface area (Å²) in [6.07, 6.45) is 0.803. The molecule has 1 fully saturated rings. The average Bonchev–Trinajstić information content (AvgIpc) is 3.30. The fraction of sp³-hybridized carbons (Fsp3) is 0.613. The summed E-state index contributed by atoms with van der Waals surface area (Å²) >= 11 is 0. The van der Waals surface area contributed by atoms with Crippen molar-refractivity contribution in [2.24, 2.45) is 5.92 Å². The molecule has 5 rings (SSSR count). The lowest BCUT2D eigenvalue weighted by atomic mass is 9.50. The van der Waals surface area contributed by atoms with E-state index in [9.17, 15) is 29.4 Å². The van der Waals surface area contributed by atoms with Crippen LogP contribution in [0.15, 0.2) is 24.0 Å². The number of methoxy groups -OCH3 is 1. The Kier molecular flexibility index (Phi) is 8.21. The normalized spacial score (nSPS) is 28.1. The van der Waals surface area contributed by atoms with E-state index in [1.165, 1.54) is 6.92 Å². The predicted octanol–water partition coefficient (Wildman–Crippen LogP) is 1.84. The molecule has 2 heterocycles. The molecular formula is C31H40N2O10. The fourth-order valence-electron chi connectivity index (χ4n) is 7.27. The summed E-state index contributed by atoms with van der Waals surface area (Å²) < 4.78 is 23.0. The Morgan fingerprint density at radius 2 is 1.88 bits per heavy atom. The van der Waals surface area contributed by atoms with E-state index in [4.69, 9.17) is 18.9 Å². The second-order valence-electron chi connectivity index (χ2n) is 12.4. The number of likely N-dealkylation sites (N-methyl/N-ethyl adjacent to an activating group) is 1. The number of hydrogen-bond donors (Lipinski definition) is 3. The first-order valence-corrected chi connectivity index (χ1v) is 14.7. The van der Waals surface area contributed by atoms with Crippen LogP contribution in [0, 0.1) is 5.92 Å². The van der Waals surface area contributed by atoms with Gasteiger partial charge < -0.3 is 39.4 Å². The number of likely N-dealkylation sites (tertiary alicyclic amines) is 1. The fourth-order valence-corrected chi connectivity index (χ4v) is 7.27. The third-order valence-corrected chi connectivity index (χ3v) is 9.32. The van der Waals surface area contributed by atoms with Gasteiger partial charge in [-0.2, -0.15) is 0 Å². The maximum Gasteiger partial charge on any atom is 0.326 e. The van der Waals surface area contributed by atoms with Crippen molar-refractivity contribution in [3.8, 4) is 11.5 Å². The highest BCUT2D eigenvalue weighted by atomic mass is 16.6. The molecule has 4 aliphatic rings. The molecule has 1 spiro atoms. The average molecular weight is 601 g/mol. The number of piperidine rings is 1. The number of carbonyl (C=O) groups excluding carboxylic acids is 3. The first-order valence-electron chi connectivity index (χ1n) is 14.7. The number of aliphatic hydroxyl groups is 1. The summed E-state index contributed by atoms with van der Waals surface area (Å²) in [5.74, 6) is -1.97. The monoisotopic (exact) mass is 600 g/mol. The Labute approximate surface area is 250 Å². The van der Waals surface area contributed by atoms with Gasteiger partial charge >= 0.3 is 17.9 Å². The van der Waals surface area contributed by atoms with Gasteiger partial charge in [0.25, 0.3) is 5.91 Å². The van der Waals surface area contributed by atoms with E-state index in [2.05, 4.69) is 10.2 Å². The molecule has 3 N–H and O–H groups in total. The standard InChI is InChI=1S/C31H40N2O10/c1-16(2)14-19(29(37)38)32-28(36)17(3)41-23(34)8-9-24(35)42-21-10-11-31(39)22-15-18-6-7-20(40-5)26-25(18)30(31,27(21)43-26)12-13-33(22)4/h6-7,10,16-17,19,22,27,39H,8-9,11-15H2,1-5H3,(H,32,36)(H,37,38)/t17?,19?,22-,27+,30+,31-/m1/s1. The van der Waals surface area contributed by atoms with Crippen LogP contribution in [0.4, 0.5) is 0 Å². The van der Waals surface area contributed by atoms with Crippen LogP contribution in [0.5, 0.6) is 11.5 Å². The zero-order valence-electron chi connectivity index (χ0n) is 25.2. The maximum absolute atomic E-state index is 12.9. The molecule has 1 amide bonds. The number of nitrogens with zero attached hydrogens (tertiary/aromatic N) is 1. The number of rotatable bonds is 11. The smallest absolute Gasteiger partial charge is 0.326 e. The number of aliphatic carboxylic acids is 1. The van der Waals surface area contributed by atoms with Crippen LogP contribution in [0.1, 0.15) is 64.0 Å². The molecule has 2 aliphatic heterocycles. The number of nitrogens with one attached hydrogen (secondary N) is 1. The minimum atomic E-state index is -1.24. The number of ether oxygens (including phenoxy) is 4. The van der Waals surface area contributed by atoms with Crippen LogP contribution in [-0.4, -0.2) is 89.5 Å². The van der Waals surface area contributed by atoms with Gasteiger partial charge in [0.2, 0.25) is 0 Å². The second kappa shape index (κ2) is 11.5. The zero-order chi connectivity index (χ0) is 31.3. The molecule has 0 aromatic heterocycles. The Bertz CT molecular complexity index is 1360. The molecular weight excluding hydrogens is 560 g/mol. The van der Waals surface area contributed by atoms with Gasteiger partial charge in [0, 0.05) is 18.0 Å². The minimum absolute atomic E-state index is 0.0322. The van der Waals surface area contributed by atoms with Crippen molar-refractivity contribution in [2.45, 2.75) is 94.6 Å². The molecule has 2 bridgehead atoms. The molecule has 43 heavy (non-hydrogen) atoms. The van der Waals surface area contributed by atoms with Crippen LogP contribution in [0.2, 0.25) is 0 Å². The van der Waals surface area contributed by atoms with E-state index < -0.39 is 53.1 Å². The molecule has 12 nitrogen and oxygen atoms in total. The number of hydrogen-bond acceptors (Lipinski definition) is 10. The highest BCUT2D eigenvalue weighted by Gasteiger charge is 2.72. The summed E-state index contributed by atoms with van der Waals surface area (Å²) in [6.45, 7) is 5.73. The van der Waals surface area contributed by atoms with Gasteiger partial charge in [0.05, 0.1) is 31.0 Å². The largest absolute Gasteiger partial charge is 0.493 e.